The van der Waals surface area contributed by atoms with E-state index in [1.807, 2.05) is 12.1 Å². The summed E-state index contributed by atoms with van der Waals surface area (Å²) < 4.78 is 41.8. The smallest absolute Gasteiger partial charge is 0.422 e. The highest BCUT2D eigenvalue weighted by atomic mass is 19.4. The van der Waals surface area contributed by atoms with E-state index in [1.165, 1.54) is 82.6 Å². The highest BCUT2D eigenvalue weighted by molar-refractivity contribution is 5.64. The Bertz CT molecular complexity index is 887. The lowest BCUT2D eigenvalue weighted by Gasteiger charge is -2.42. The highest BCUT2D eigenvalue weighted by Gasteiger charge is 2.35. The Labute approximate surface area is 209 Å². The van der Waals surface area contributed by atoms with Crippen molar-refractivity contribution in [2.75, 3.05) is 6.61 Å². The van der Waals surface area contributed by atoms with Gasteiger partial charge < -0.3 is 4.74 Å². The molecule has 0 radical (unpaired) electrons. The van der Waals surface area contributed by atoms with Gasteiger partial charge in [0.1, 0.15) is 5.75 Å². The van der Waals surface area contributed by atoms with Gasteiger partial charge in [-0.15, -0.1) is 0 Å². The third-order valence-electron chi connectivity index (χ3n) is 8.41. The van der Waals surface area contributed by atoms with Gasteiger partial charge in [-0.1, -0.05) is 88.3 Å². The normalized spacial score (nSPS) is 24.7. The van der Waals surface area contributed by atoms with E-state index in [4.69, 9.17) is 4.74 Å². The van der Waals surface area contributed by atoms with E-state index in [1.54, 1.807) is 12.1 Å². The van der Waals surface area contributed by atoms with Crippen molar-refractivity contribution in [3.63, 3.8) is 0 Å². The number of hydrogen-bond acceptors (Lipinski definition) is 1. The first kappa shape index (κ1) is 26.1. The van der Waals surface area contributed by atoms with Gasteiger partial charge in [-0.25, -0.2) is 0 Å². The van der Waals surface area contributed by atoms with Crippen LogP contribution in [0.25, 0.3) is 11.1 Å². The fraction of sp³-hybridized carbons (Fsp3) is 0.613. The summed E-state index contributed by atoms with van der Waals surface area (Å²) in [6.45, 7) is 1.03. The Balaban J connectivity index is 1.25. The number of unbranched alkanes of at least 4 members (excludes halogenated alkanes) is 4. The molecule has 2 aliphatic carbocycles. The molecule has 2 fully saturated rings. The zero-order valence-electron chi connectivity index (χ0n) is 21.2. The second-order valence-electron chi connectivity index (χ2n) is 11.0. The van der Waals surface area contributed by atoms with Crippen LogP contribution in [-0.2, 0) is 0 Å². The molecular formula is C31H41F3O. The zero-order chi connectivity index (χ0) is 24.7. The molecule has 0 aliphatic heterocycles. The first-order chi connectivity index (χ1) is 16.9. The summed E-state index contributed by atoms with van der Waals surface area (Å²) in [6.07, 6.45) is 12.4. The molecule has 2 aliphatic rings. The van der Waals surface area contributed by atoms with E-state index in [9.17, 15) is 13.2 Å². The molecule has 0 amide bonds. The van der Waals surface area contributed by atoms with Crippen molar-refractivity contribution in [2.24, 2.45) is 17.8 Å². The summed E-state index contributed by atoms with van der Waals surface area (Å²) in [6, 6.07) is 15.7. The second kappa shape index (κ2) is 12.3. The number of rotatable bonds is 10. The third kappa shape index (κ3) is 7.75. The van der Waals surface area contributed by atoms with E-state index < -0.39 is 12.8 Å². The van der Waals surface area contributed by atoms with Gasteiger partial charge in [0.2, 0.25) is 0 Å². The van der Waals surface area contributed by atoms with Crippen LogP contribution < -0.4 is 4.74 Å². The van der Waals surface area contributed by atoms with Gasteiger partial charge in [0.15, 0.2) is 6.61 Å². The maximum atomic E-state index is 12.3. The number of hydrogen-bond donors (Lipinski definition) is 0. The Morgan fingerprint density at radius 2 is 1.37 bits per heavy atom. The lowest BCUT2D eigenvalue weighted by atomic mass is 9.63. The molecule has 35 heavy (non-hydrogen) atoms. The van der Waals surface area contributed by atoms with E-state index in [-0.39, 0.29) is 5.75 Å². The van der Waals surface area contributed by atoms with Gasteiger partial charge in [0.25, 0.3) is 0 Å². The van der Waals surface area contributed by atoms with Crippen LogP contribution >= 0.6 is 0 Å². The van der Waals surface area contributed by atoms with Gasteiger partial charge in [0.05, 0.1) is 0 Å². The van der Waals surface area contributed by atoms with Gasteiger partial charge in [-0.3, -0.25) is 0 Å². The monoisotopic (exact) mass is 486 g/mol. The molecule has 0 spiro atoms. The molecular weight excluding hydrogens is 445 g/mol. The molecule has 0 saturated heterocycles. The molecule has 0 heterocycles. The van der Waals surface area contributed by atoms with Crippen molar-refractivity contribution in [1.29, 1.82) is 0 Å². The summed E-state index contributed by atoms with van der Waals surface area (Å²) in [5.74, 6) is 3.71. The molecule has 4 unspecified atom stereocenters. The largest absolute Gasteiger partial charge is 0.484 e. The fourth-order valence-corrected chi connectivity index (χ4v) is 6.44. The molecule has 2 aromatic rings. The average molecular weight is 487 g/mol. The SMILES string of the molecule is CCCCCCCC1CCC2CC(c3ccc(-c4ccc(OCC(F)(F)F)cc4)cc3)CCC2C1. The number of benzene rings is 2. The van der Waals surface area contributed by atoms with Crippen molar-refractivity contribution < 1.29 is 17.9 Å². The molecule has 4 atom stereocenters. The molecule has 192 valence electrons. The quantitative estimate of drug-likeness (QED) is 0.304. The van der Waals surface area contributed by atoms with E-state index in [2.05, 4.69) is 31.2 Å². The Morgan fingerprint density at radius 3 is 2.06 bits per heavy atom. The van der Waals surface area contributed by atoms with Crippen LogP contribution in [-0.4, -0.2) is 12.8 Å². The molecule has 0 N–H and O–H groups in total. The summed E-state index contributed by atoms with van der Waals surface area (Å²) in [4.78, 5) is 0. The van der Waals surface area contributed by atoms with Gasteiger partial charge in [0, 0.05) is 0 Å². The van der Waals surface area contributed by atoms with Gasteiger partial charge >= 0.3 is 6.18 Å². The third-order valence-corrected chi connectivity index (χ3v) is 8.41. The maximum absolute atomic E-state index is 12.3. The number of fused-ring (bicyclic) bond motifs is 1. The van der Waals surface area contributed by atoms with Crippen LogP contribution in [0, 0.1) is 17.8 Å². The first-order valence-electron chi connectivity index (χ1n) is 13.8. The van der Waals surface area contributed by atoms with Crippen molar-refractivity contribution in [3.8, 4) is 16.9 Å². The molecule has 2 aromatic carbocycles. The number of ether oxygens (including phenoxy) is 1. The second-order valence-corrected chi connectivity index (χ2v) is 11.0. The number of alkyl halides is 3. The lowest BCUT2D eigenvalue weighted by Crippen LogP contribution is -2.30. The van der Waals surface area contributed by atoms with Crippen molar-refractivity contribution in [3.05, 3.63) is 54.1 Å². The molecule has 1 nitrogen and oxygen atoms in total. The van der Waals surface area contributed by atoms with Crippen LogP contribution in [0.15, 0.2) is 48.5 Å². The summed E-state index contributed by atoms with van der Waals surface area (Å²) in [7, 11) is 0. The van der Waals surface area contributed by atoms with Crippen molar-refractivity contribution in [1.82, 2.24) is 0 Å². The highest BCUT2D eigenvalue weighted by Crippen LogP contribution is 2.48. The lowest BCUT2D eigenvalue weighted by molar-refractivity contribution is -0.153. The zero-order valence-corrected chi connectivity index (χ0v) is 21.2. The number of halogens is 3. The van der Waals surface area contributed by atoms with Crippen molar-refractivity contribution in [2.45, 2.75) is 96.1 Å². The molecule has 0 bridgehead atoms. The molecule has 4 rings (SSSR count). The minimum Gasteiger partial charge on any atom is -0.484 e. The summed E-state index contributed by atoms with van der Waals surface area (Å²) in [5, 5.41) is 0. The Hall–Kier alpha value is -1.97. The van der Waals surface area contributed by atoms with Crippen LogP contribution in [0.3, 0.4) is 0 Å². The standard InChI is InChI=1S/C31H41F3O/c1-2-3-4-5-6-7-23-8-9-29-21-28(15-14-27(29)20-23)26-12-10-24(11-13-26)25-16-18-30(19-17-25)35-22-31(32,33)34/h10-13,16-19,23,27-29H,2-9,14-15,20-22H2,1H3. The fourth-order valence-electron chi connectivity index (χ4n) is 6.44. The van der Waals surface area contributed by atoms with Crippen LogP contribution in [0.2, 0.25) is 0 Å². The van der Waals surface area contributed by atoms with Crippen LogP contribution in [0.1, 0.15) is 95.5 Å². The van der Waals surface area contributed by atoms with Gasteiger partial charge in [-0.05, 0) is 84.6 Å². The summed E-state index contributed by atoms with van der Waals surface area (Å²) in [5.41, 5.74) is 3.52. The Kier molecular flexibility index (Phi) is 9.19. The summed E-state index contributed by atoms with van der Waals surface area (Å²) >= 11 is 0. The topological polar surface area (TPSA) is 9.23 Å². The Morgan fingerprint density at radius 1 is 0.743 bits per heavy atom. The van der Waals surface area contributed by atoms with Crippen molar-refractivity contribution >= 4 is 0 Å². The van der Waals surface area contributed by atoms with Crippen LogP contribution in [0.4, 0.5) is 13.2 Å². The predicted molar refractivity (Wildman–Crippen MR) is 138 cm³/mol. The van der Waals surface area contributed by atoms with E-state index in [0.717, 1.165) is 28.9 Å². The average Bonchev–Trinajstić information content (AvgIpc) is 2.87. The maximum Gasteiger partial charge on any atom is 0.422 e. The minimum absolute atomic E-state index is 0.241. The van der Waals surface area contributed by atoms with E-state index in [0.29, 0.717) is 5.92 Å². The minimum atomic E-state index is -4.32. The van der Waals surface area contributed by atoms with E-state index >= 15 is 0 Å². The molecule has 2 saturated carbocycles. The molecule has 4 heteroatoms. The first-order valence-corrected chi connectivity index (χ1v) is 13.8. The molecule has 0 aromatic heterocycles. The predicted octanol–water partition coefficient (Wildman–Crippen LogP) is 9.96. The van der Waals surface area contributed by atoms with Gasteiger partial charge in [-0.2, -0.15) is 13.2 Å². The van der Waals surface area contributed by atoms with Crippen LogP contribution in [0.5, 0.6) is 5.75 Å².